The molecule has 3 heteroatoms. The quantitative estimate of drug-likeness (QED) is 0.812. The van der Waals surface area contributed by atoms with Crippen LogP contribution in [-0.4, -0.2) is 24.4 Å². The Labute approximate surface area is 127 Å². The molecule has 1 aromatic rings. The van der Waals surface area contributed by atoms with Crippen LogP contribution in [0.3, 0.4) is 0 Å². The van der Waals surface area contributed by atoms with Crippen molar-refractivity contribution in [2.75, 3.05) is 13.6 Å². The Balaban J connectivity index is 2.11. The summed E-state index contributed by atoms with van der Waals surface area (Å²) in [6.45, 7) is 6.41. The van der Waals surface area contributed by atoms with E-state index in [1.54, 1.807) is 11.0 Å². The van der Waals surface area contributed by atoms with E-state index in [2.05, 4.69) is 31.0 Å². The molecule has 0 saturated heterocycles. The van der Waals surface area contributed by atoms with Gasteiger partial charge in [-0.2, -0.15) is 0 Å². The fraction of sp³-hybridized carbons (Fsp3) is 0.389. The molecule has 0 aliphatic heterocycles. The molecule has 1 atom stereocenters. The van der Waals surface area contributed by atoms with Crippen LogP contribution in [0.2, 0.25) is 0 Å². The molecule has 1 aromatic carbocycles. The summed E-state index contributed by atoms with van der Waals surface area (Å²) in [6.07, 6.45) is 4.63. The van der Waals surface area contributed by atoms with Crippen molar-refractivity contribution in [3.8, 4) is 0 Å². The van der Waals surface area contributed by atoms with Crippen LogP contribution >= 0.6 is 0 Å². The molecular formula is C18H24N2O. The van der Waals surface area contributed by atoms with Gasteiger partial charge in [0, 0.05) is 30.9 Å². The number of benzene rings is 1. The number of carbonyl (C=O) groups is 1. The fourth-order valence-electron chi connectivity index (χ4n) is 2.73. The lowest BCUT2D eigenvalue weighted by molar-refractivity contribution is -0.125. The summed E-state index contributed by atoms with van der Waals surface area (Å²) in [5, 5.41) is 3.53. The lowest BCUT2D eigenvalue weighted by atomic mass is 10.1. The van der Waals surface area contributed by atoms with Crippen LogP contribution in [-0.2, 0) is 4.79 Å². The molecule has 112 valence electrons. The van der Waals surface area contributed by atoms with E-state index in [0.29, 0.717) is 6.54 Å². The first kappa shape index (κ1) is 15.4. The summed E-state index contributed by atoms with van der Waals surface area (Å²) in [7, 11) is 1.83. The van der Waals surface area contributed by atoms with Gasteiger partial charge in [0.2, 0.25) is 0 Å². The largest absolute Gasteiger partial charge is 0.381 e. The van der Waals surface area contributed by atoms with Crippen molar-refractivity contribution in [2.45, 2.75) is 32.2 Å². The number of amides is 1. The highest BCUT2D eigenvalue weighted by Crippen LogP contribution is 2.27. The fourth-order valence-corrected chi connectivity index (χ4v) is 2.73. The van der Waals surface area contributed by atoms with E-state index < -0.39 is 0 Å². The molecule has 0 aromatic heterocycles. The highest BCUT2D eigenvalue weighted by Gasteiger charge is 2.24. The van der Waals surface area contributed by atoms with E-state index in [1.165, 1.54) is 5.56 Å². The number of likely N-dealkylation sites (N-methyl/N-ethyl adjacent to an activating group) is 1. The molecule has 0 radical (unpaired) electrons. The molecule has 1 aliphatic rings. The highest BCUT2D eigenvalue weighted by atomic mass is 16.2. The van der Waals surface area contributed by atoms with Crippen molar-refractivity contribution in [3.63, 3.8) is 0 Å². The number of nitrogens with zero attached hydrogens (tertiary/aromatic N) is 1. The molecule has 1 amide bonds. The second-order valence-corrected chi connectivity index (χ2v) is 5.56. The van der Waals surface area contributed by atoms with Crippen molar-refractivity contribution < 1.29 is 4.79 Å². The zero-order valence-corrected chi connectivity index (χ0v) is 12.9. The van der Waals surface area contributed by atoms with Crippen molar-refractivity contribution in [3.05, 3.63) is 59.8 Å². The van der Waals surface area contributed by atoms with E-state index >= 15 is 0 Å². The standard InChI is InChI=1S/C18H24N2O/c1-4-13-20(3)18(21)16-11-8-12-17(16)19-14(2)15-9-6-5-7-10-15/h4-7,9-10,14,19H,1,8,11-13H2,2-3H3/t14-/m1/s1. The monoisotopic (exact) mass is 284 g/mol. The molecule has 0 fully saturated rings. The van der Waals surface area contributed by atoms with Gasteiger partial charge in [0.1, 0.15) is 0 Å². The number of hydrogen-bond acceptors (Lipinski definition) is 2. The predicted molar refractivity (Wildman–Crippen MR) is 86.7 cm³/mol. The van der Waals surface area contributed by atoms with Crippen LogP contribution < -0.4 is 5.32 Å². The maximum absolute atomic E-state index is 12.4. The Morgan fingerprint density at radius 3 is 2.76 bits per heavy atom. The average Bonchev–Trinajstić information content (AvgIpc) is 2.95. The van der Waals surface area contributed by atoms with Crippen LogP contribution in [0.4, 0.5) is 0 Å². The van der Waals surface area contributed by atoms with E-state index in [4.69, 9.17) is 0 Å². The SMILES string of the molecule is C=CCN(C)C(=O)C1=C(N[C@H](C)c2ccccc2)CCC1. The molecule has 0 spiro atoms. The van der Waals surface area contributed by atoms with Crippen molar-refractivity contribution in [2.24, 2.45) is 0 Å². The summed E-state index contributed by atoms with van der Waals surface area (Å²) in [5.41, 5.74) is 3.28. The van der Waals surface area contributed by atoms with Gasteiger partial charge < -0.3 is 10.2 Å². The molecule has 21 heavy (non-hydrogen) atoms. The number of hydrogen-bond donors (Lipinski definition) is 1. The smallest absolute Gasteiger partial charge is 0.251 e. The molecule has 0 heterocycles. The van der Waals surface area contributed by atoms with E-state index in [0.717, 1.165) is 30.5 Å². The third-order valence-corrected chi connectivity index (χ3v) is 3.92. The highest BCUT2D eigenvalue weighted by molar-refractivity contribution is 5.94. The van der Waals surface area contributed by atoms with Gasteiger partial charge in [-0.15, -0.1) is 6.58 Å². The zero-order chi connectivity index (χ0) is 15.2. The second kappa shape index (κ2) is 7.11. The van der Waals surface area contributed by atoms with Crippen molar-refractivity contribution >= 4 is 5.91 Å². The molecule has 1 N–H and O–H groups in total. The van der Waals surface area contributed by atoms with Crippen LogP contribution in [0.15, 0.2) is 54.3 Å². The van der Waals surface area contributed by atoms with Gasteiger partial charge in [0.25, 0.3) is 5.91 Å². The maximum atomic E-state index is 12.4. The molecule has 0 saturated carbocycles. The van der Waals surface area contributed by atoms with Gasteiger partial charge >= 0.3 is 0 Å². The molecule has 0 bridgehead atoms. The normalized spacial score (nSPS) is 15.7. The van der Waals surface area contributed by atoms with Gasteiger partial charge in [-0.25, -0.2) is 0 Å². The Morgan fingerprint density at radius 2 is 2.10 bits per heavy atom. The number of carbonyl (C=O) groups excluding carboxylic acids is 1. The summed E-state index contributed by atoms with van der Waals surface area (Å²) < 4.78 is 0. The third-order valence-electron chi connectivity index (χ3n) is 3.92. The minimum absolute atomic E-state index is 0.121. The number of nitrogens with one attached hydrogen (secondary N) is 1. The average molecular weight is 284 g/mol. The number of allylic oxidation sites excluding steroid dienone is 1. The van der Waals surface area contributed by atoms with Crippen LogP contribution in [0.5, 0.6) is 0 Å². The topological polar surface area (TPSA) is 32.3 Å². The van der Waals surface area contributed by atoms with E-state index in [1.807, 2.05) is 25.2 Å². The van der Waals surface area contributed by atoms with Crippen LogP contribution in [0.25, 0.3) is 0 Å². The Hall–Kier alpha value is -2.03. The molecule has 1 aliphatic carbocycles. The molecule has 0 unspecified atom stereocenters. The van der Waals surface area contributed by atoms with E-state index in [-0.39, 0.29) is 11.9 Å². The van der Waals surface area contributed by atoms with Crippen LogP contribution in [0, 0.1) is 0 Å². The maximum Gasteiger partial charge on any atom is 0.251 e. The van der Waals surface area contributed by atoms with Crippen molar-refractivity contribution in [1.29, 1.82) is 0 Å². The summed E-state index contributed by atoms with van der Waals surface area (Å²) in [6, 6.07) is 10.5. The summed E-state index contributed by atoms with van der Waals surface area (Å²) in [5.74, 6) is 0.121. The Kier molecular flexibility index (Phi) is 5.20. The molecule has 2 rings (SSSR count). The van der Waals surface area contributed by atoms with Crippen LogP contribution in [0.1, 0.15) is 37.8 Å². The third kappa shape index (κ3) is 3.75. The molecule has 3 nitrogen and oxygen atoms in total. The van der Waals surface area contributed by atoms with Crippen molar-refractivity contribution in [1.82, 2.24) is 10.2 Å². The minimum Gasteiger partial charge on any atom is -0.381 e. The van der Waals surface area contributed by atoms with Gasteiger partial charge in [-0.1, -0.05) is 36.4 Å². The Bertz CT molecular complexity index is 533. The summed E-state index contributed by atoms with van der Waals surface area (Å²) >= 11 is 0. The lowest BCUT2D eigenvalue weighted by Gasteiger charge is -2.20. The van der Waals surface area contributed by atoms with Gasteiger partial charge in [-0.05, 0) is 31.7 Å². The first-order chi connectivity index (χ1) is 10.1. The predicted octanol–water partition coefficient (Wildman–Crippen LogP) is 3.42. The second-order valence-electron chi connectivity index (χ2n) is 5.56. The zero-order valence-electron chi connectivity index (χ0n) is 12.9. The Morgan fingerprint density at radius 1 is 1.38 bits per heavy atom. The number of rotatable bonds is 6. The van der Waals surface area contributed by atoms with Gasteiger partial charge in [0.15, 0.2) is 0 Å². The first-order valence-electron chi connectivity index (χ1n) is 7.53. The van der Waals surface area contributed by atoms with E-state index in [9.17, 15) is 4.79 Å². The van der Waals surface area contributed by atoms with Gasteiger partial charge in [-0.3, -0.25) is 4.79 Å². The lowest BCUT2D eigenvalue weighted by Crippen LogP contribution is -2.30. The first-order valence-corrected chi connectivity index (χ1v) is 7.53. The van der Waals surface area contributed by atoms with Gasteiger partial charge in [0.05, 0.1) is 0 Å². The summed E-state index contributed by atoms with van der Waals surface area (Å²) in [4.78, 5) is 14.2. The molecular weight excluding hydrogens is 260 g/mol. The minimum atomic E-state index is 0.121.